The molecule has 1 aromatic carbocycles. The monoisotopic (exact) mass is 193 g/mol. The Morgan fingerprint density at radius 1 is 1.50 bits per heavy atom. The highest BCUT2D eigenvalue weighted by Gasteiger charge is 2.11. The first-order valence-electron chi connectivity index (χ1n) is 4.21. The molecule has 0 aliphatic carbocycles. The van der Waals surface area contributed by atoms with E-state index in [4.69, 9.17) is 0 Å². The molecule has 1 amide bonds. The summed E-state index contributed by atoms with van der Waals surface area (Å²) in [4.78, 5) is 12.8. The standard InChI is InChI=1S/C11H12FNO/c1-8(2)11(14)13(3)10-6-4-5-9(12)7-10/h4-7H,1H2,2-3H3. The lowest BCUT2D eigenvalue weighted by atomic mass is 10.2. The van der Waals surface area contributed by atoms with E-state index < -0.39 is 0 Å². The van der Waals surface area contributed by atoms with Gasteiger partial charge in [0.25, 0.3) is 5.91 Å². The fraction of sp³-hybridized carbons (Fsp3) is 0.182. The van der Waals surface area contributed by atoms with Crippen LogP contribution >= 0.6 is 0 Å². The van der Waals surface area contributed by atoms with E-state index in [1.165, 1.54) is 17.0 Å². The molecule has 0 saturated heterocycles. The fourth-order valence-electron chi connectivity index (χ4n) is 1.09. The Hall–Kier alpha value is -1.64. The zero-order chi connectivity index (χ0) is 10.7. The van der Waals surface area contributed by atoms with Crippen molar-refractivity contribution in [1.82, 2.24) is 0 Å². The molecule has 0 aliphatic rings. The molecular weight excluding hydrogens is 181 g/mol. The van der Waals surface area contributed by atoms with Gasteiger partial charge in [-0.3, -0.25) is 4.79 Å². The summed E-state index contributed by atoms with van der Waals surface area (Å²) in [5.74, 6) is -0.570. The number of hydrogen-bond acceptors (Lipinski definition) is 1. The Morgan fingerprint density at radius 3 is 2.64 bits per heavy atom. The largest absolute Gasteiger partial charge is 0.312 e. The van der Waals surface area contributed by atoms with Crippen LogP contribution in [0, 0.1) is 5.82 Å². The first-order chi connectivity index (χ1) is 6.52. The van der Waals surface area contributed by atoms with Crippen molar-refractivity contribution in [2.75, 3.05) is 11.9 Å². The number of likely N-dealkylation sites (N-methyl/N-ethyl adjacent to an activating group) is 1. The molecule has 0 aliphatic heterocycles. The van der Waals surface area contributed by atoms with Crippen LogP contribution in [0.3, 0.4) is 0 Å². The second-order valence-electron chi connectivity index (χ2n) is 3.12. The van der Waals surface area contributed by atoms with Crippen LogP contribution in [-0.2, 0) is 4.79 Å². The fourth-order valence-corrected chi connectivity index (χ4v) is 1.09. The highest BCUT2D eigenvalue weighted by Crippen LogP contribution is 2.15. The maximum Gasteiger partial charge on any atom is 0.253 e. The Bertz CT molecular complexity index is 373. The zero-order valence-corrected chi connectivity index (χ0v) is 8.25. The lowest BCUT2D eigenvalue weighted by Gasteiger charge is -2.16. The van der Waals surface area contributed by atoms with Crippen LogP contribution in [0.25, 0.3) is 0 Å². The van der Waals surface area contributed by atoms with Crippen LogP contribution in [0.2, 0.25) is 0 Å². The van der Waals surface area contributed by atoms with Gasteiger partial charge in [-0.1, -0.05) is 12.6 Å². The number of rotatable bonds is 2. The second kappa shape index (κ2) is 4.05. The molecule has 3 heteroatoms. The third-order valence-electron chi connectivity index (χ3n) is 1.87. The average molecular weight is 193 g/mol. The van der Waals surface area contributed by atoms with Gasteiger partial charge >= 0.3 is 0 Å². The first-order valence-corrected chi connectivity index (χ1v) is 4.21. The van der Waals surface area contributed by atoms with Crippen molar-refractivity contribution >= 4 is 11.6 Å². The van der Waals surface area contributed by atoms with Gasteiger partial charge in [-0.15, -0.1) is 0 Å². The molecule has 0 atom stereocenters. The summed E-state index contributed by atoms with van der Waals surface area (Å²) in [6, 6.07) is 5.88. The summed E-state index contributed by atoms with van der Waals surface area (Å²) in [7, 11) is 1.59. The second-order valence-corrected chi connectivity index (χ2v) is 3.12. The van der Waals surface area contributed by atoms with Crippen LogP contribution in [0.4, 0.5) is 10.1 Å². The van der Waals surface area contributed by atoms with Gasteiger partial charge in [-0.25, -0.2) is 4.39 Å². The van der Waals surface area contributed by atoms with Crippen LogP contribution in [0.5, 0.6) is 0 Å². The van der Waals surface area contributed by atoms with E-state index in [0.29, 0.717) is 11.3 Å². The van der Waals surface area contributed by atoms with E-state index in [1.807, 2.05) is 0 Å². The summed E-state index contributed by atoms with van der Waals surface area (Å²) in [6.45, 7) is 5.16. The van der Waals surface area contributed by atoms with E-state index in [-0.39, 0.29) is 11.7 Å². The minimum atomic E-state index is -0.358. The molecule has 2 nitrogen and oxygen atoms in total. The molecule has 0 N–H and O–H groups in total. The highest BCUT2D eigenvalue weighted by molar-refractivity contribution is 6.04. The maximum absolute atomic E-state index is 12.8. The average Bonchev–Trinajstić information content (AvgIpc) is 2.15. The van der Waals surface area contributed by atoms with E-state index in [2.05, 4.69) is 6.58 Å². The number of hydrogen-bond donors (Lipinski definition) is 0. The first kappa shape index (κ1) is 10.4. The number of benzene rings is 1. The normalized spacial score (nSPS) is 9.64. The lowest BCUT2D eigenvalue weighted by molar-refractivity contribution is -0.114. The van der Waals surface area contributed by atoms with E-state index in [9.17, 15) is 9.18 Å². The topological polar surface area (TPSA) is 20.3 Å². The van der Waals surface area contributed by atoms with Crippen molar-refractivity contribution in [2.24, 2.45) is 0 Å². The predicted molar refractivity (Wildman–Crippen MR) is 54.6 cm³/mol. The number of nitrogens with zero attached hydrogens (tertiary/aromatic N) is 1. The number of anilines is 1. The van der Waals surface area contributed by atoms with Crippen LogP contribution in [0.1, 0.15) is 6.92 Å². The lowest BCUT2D eigenvalue weighted by Crippen LogP contribution is -2.26. The van der Waals surface area contributed by atoms with Crippen molar-refractivity contribution in [1.29, 1.82) is 0 Å². The Labute approximate surface area is 82.7 Å². The zero-order valence-electron chi connectivity index (χ0n) is 8.25. The van der Waals surface area contributed by atoms with Crippen molar-refractivity contribution in [3.63, 3.8) is 0 Å². The molecule has 0 heterocycles. The third-order valence-corrected chi connectivity index (χ3v) is 1.87. The molecule has 1 aromatic rings. The van der Waals surface area contributed by atoms with Gasteiger partial charge in [-0.05, 0) is 25.1 Å². The van der Waals surface area contributed by atoms with Gasteiger partial charge in [0.15, 0.2) is 0 Å². The quantitative estimate of drug-likeness (QED) is 0.660. The molecule has 14 heavy (non-hydrogen) atoms. The molecule has 0 radical (unpaired) electrons. The molecule has 0 spiro atoms. The summed E-state index contributed by atoms with van der Waals surface area (Å²) in [5, 5.41) is 0. The van der Waals surface area contributed by atoms with Gasteiger partial charge < -0.3 is 4.90 Å². The van der Waals surface area contributed by atoms with Crippen molar-refractivity contribution in [3.05, 3.63) is 42.2 Å². The van der Waals surface area contributed by atoms with Gasteiger partial charge in [-0.2, -0.15) is 0 Å². The highest BCUT2D eigenvalue weighted by atomic mass is 19.1. The predicted octanol–water partition coefficient (Wildman–Crippen LogP) is 2.36. The minimum absolute atomic E-state index is 0.212. The molecule has 0 bridgehead atoms. The summed E-state index contributed by atoms with van der Waals surface area (Å²) in [6.07, 6.45) is 0. The molecule has 1 rings (SSSR count). The SMILES string of the molecule is C=C(C)C(=O)N(C)c1cccc(F)c1. The summed E-state index contributed by atoms with van der Waals surface area (Å²) in [5.41, 5.74) is 0.953. The van der Waals surface area contributed by atoms with Crippen molar-refractivity contribution in [3.8, 4) is 0 Å². The summed E-state index contributed by atoms with van der Waals surface area (Å²) >= 11 is 0. The summed E-state index contributed by atoms with van der Waals surface area (Å²) < 4.78 is 12.8. The van der Waals surface area contributed by atoms with Gasteiger partial charge in [0.2, 0.25) is 0 Å². The number of amides is 1. The van der Waals surface area contributed by atoms with Crippen LogP contribution < -0.4 is 4.90 Å². The molecule has 0 saturated carbocycles. The molecule has 74 valence electrons. The van der Waals surface area contributed by atoms with Crippen LogP contribution in [0.15, 0.2) is 36.4 Å². The van der Waals surface area contributed by atoms with Gasteiger partial charge in [0, 0.05) is 18.3 Å². The van der Waals surface area contributed by atoms with Gasteiger partial charge in [0.05, 0.1) is 0 Å². The number of carbonyl (C=O) groups is 1. The van der Waals surface area contributed by atoms with Crippen molar-refractivity contribution in [2.45, 2.75) is 6.92 Å². The maximum atomic E-state index is 12.8. The third kappa shape index (κ3) is 2.19. The molecule has 0 unspecified atom stereocenters. The van der Waals surface area contributed by atoms with E-state index >= 15 is 0 Å². The van der Waals surface area contributed by atoms with E-state index in [0.717, 1.165) is 0 Å². The van der Waals surface area contributed by atoms with E-state index in [1.54, 1.807) is 26.1 Å². The minimum Gasteiger partial charge on any atom is -0.312 e. The van der Waals surface area contributed by atoms with Gasteiger partial charge in [0.1, 0.15) is 5.82 Å². The van der Waals surface area contributed by atoms with Crippen LogP contribution in [-0.4, -0.2) is 13.0 Å². The smallest absolute Gasteiger partial charge is 0.253 e. The Morgan fingerprint density at radius 2 is 2.14 bits per heavy atom. The number of carbonyl (C=O) groups excluding carboxylic acids is 1. The molecular formula is C11H12FNO. The molecule has 0 fully saturated rings. The number of halogens is 1. The van der Waals surface area contributed by atoms with Crippen molar-refractivity contribution < 1.29 is 9.18 Å². The Balaban J connectivity index is 2.95. The Kier molecular flexibility index (Phi) is 3.02. The molecule has 0 aromatic heterocycles.